The van der Waals surface area contributed by atoms with E-state index in [2.05, 4.69) is 17.1 Å². The van der Waals surface area contributed by atoms with Gasteiger partial charge in [-0.2, -0.15) is 13.2 Å². The summed E-state index contributed by atoms with van der Waals surface area (Å²) in [6.45, 7) is 2.07. The van der Waals surface area contributed by atoms with E-state index >= 15 is 0 Å². The molecule has 0 radical (unpaired) electrons. The normalized spacial score (nSPS) is 16.9. The number of benzene rings is 1. The molecule has 5 nitrogen and oxygen atoms in total. The van der Waals surface area contributed by atoms with Crippen LogP contribution >= 0.6 is 23.2 Å². The quantitative estimate of drug-likeness (QED) is 0.266. The molecule has 0 spiro atoms. The van der Waals surface area contributed by atoms with Crippen LogP contribution in [0.2, 0.25) is 10.0 Å². The summed E-state index contributed by atoms with van der Waals surface area (Å²) in [5.41, 5.74) is 2.20. The van der Waals surface area contributed by atoms with Gasteiger partial charge in [0.2, 0.25) is 5.88 Å². The summed E-state index contributed by atoms with van der Waals surface area (Å²) in [5, 5.41) is 4.62. The van der Waals surface area contributed by atoms with Crippen LogP contribution in [0.1, 0.15) is 62.7 Å². The fraction of sp³-hybridized carbons (Fsp3) is 0.480. The molecule has 10 heteroatoms. The Hall–Kier alpha value is -2.32. The van der Waals surface area contributed by atoms with Crippen molar-refractivity contribution in [1.82, 2.24) is 4.98 Å². The van der Waals surface area contributed by atoms with E-state index in [0.29, 0.717) is 16.5 Å². The van der Waals surface area contributed by atoms with Crippen molar-refractivity contribution in [2.75, 3.05) is 13.7 Å². The molecule has 0 aliphatic heterocycles. The second kappa shape index (κ2) is 13.7. The van der Waals surface area contributed by atoms with Crippen molar-refractivity contribution in [3.63, 3.8) is 0 Å². The standard InChI is InChI=1S/C15H10Cl2F3NO2.C10H19NO/c1-8(22)10-4-11(9-2-3-12(16)13(17)5-9)14(21-6-10)23-7-15(18,19)20;1-3-6-9-7-4-5-8-10(9)11-12-2/h2-6H,7H2,1H3;9H,3-8H2,1-2H3/b;11-10+. The lowest BCUT2D eigenvalue weighted by atomic mass is 9.84. The van der Waals surface area contributed by atoms with Gasteiger partial charge in [-0.1, -0.05) is 54.2 Å². The highest BCUT2D eigenvalue weighted by atomic mass is 35.5. The topological polar surface area (TPSA) is 60.8 Å². The lowest BCUT2D eigenvalue weighted by Crippen LogP contribution is -2.20. The Balaban J connectivity index is 0.000000303. The number of alkyl halides is 3. The molecule has 1 saturated carbocycles. The average Bonchev–Trinajstić information content (AvgIpc) is 2.81. The molecule has 1 aliphatic rings. The van der Waals surface area contributed by atoms with Gasteiger partial charge in [0.25, 0.3) is 0 Å². The first-order valence-electron chi connectivity index (χ1n) is 11.3. The van der Waals surface area contributed by atoms with E-state index in [1.165, 1.54) is 62.9 Å². The van der Waals surface area contributed by atoms with Crippen LogP contribution in [-0.4, -0.2) is 36.4 Å². The van der Waals surface area contributed by atoms with Crippen LogP contribution in [0.3, 0.4) is 0 Å². The molecule has 1 unspecified atom stereocenters. The third kappa shape index (κ3) is 9.33. The zero-order chi connectivity index (χ0) is 26.0. The van der Waals surface area contributed by atoms with Gasteiger partial charge in [-0.15, -0.1) is 0 Å². The van der Waals surface area contributed by atoms with Gasteiger partial charge in [0.1, 0.15) is 7.11 Å². The van der Waals surface area contributed by atoms with Gasteiger partial charge in [0.15, 0.2) is 12.4 Å². The number of carbonyl (C=O) groups is 1. The molecule has 1 aromatic heterocycles. The van der Waals surface area contributed by atoms with Crippen molar-refractivity contribution in [1.29, 1.82) is 0 Å². The zero-order valence-corrected chi connectivity index (χ0v) is 21.4. The van der Waals surface area contributed by atoms with Crippen LogP contribution < -0.4 is 4.74 Å². The van der Waals surface area contributed by atoms with E-state index in [-0.39, 0.29) is 27.8 Å². The van der Waals surface area contributed by atoms with Gasteiger partial charge in [0.05, 0.1) is 15.8 Å². The van der Waals surface area contributed by atoms with Gasteiger partial charge >= 0.3 is 6.18 Å². The number of pyridine rings is 1. The molecule has 3 rings (SSSR count). The number of halogens is 5. The maximum atomic E-state index is 12.4. The minimum atomic E-state index is -4.50. The van der Waals surface area contributed by atoms with Crippen molar-refractivity contribution in [3.05, 3.63) is 46.1 Å². The molecule has 35 heavy (non-hydrogen) atoms. The lowest BCUT2D eigenvalue weighted by Gasteiger charge is -2.22. The van der Waals surface area contributed by atoms with Crippen molar-refractivity contribution in [3.8, 4) is 17.0 Å². The van der Waals surface area contributed by atoms with E-state index < -0.39 is 12.8 Å². The van der Waals surface area contributed by atoms with Crippen LogP contribution in [-0.2, 0) is 4.84 Å². The van der Waals surface area contributed by atoms with E-state index in [9.17, 15) is 18.0 Å². The SMILES string of the molecule is CC(=O)c1cnc(OCC(F)(F)F)c(-c2ccc(Cl)c(Cl)c2)c1.CCCC1CCCC/C1=N\OC. The van der Waals surface area contributed by atoms with Crippen molar-refractivity contribution in [2.24, 2.45) is 11.1 Å². The number of aromatic nitrogens is 1. The Morgan fingerprint density at radius 2 is 1.94 bits per heavy atom. The maximum absolute atomic E-state index is 12.4. The highest BCUT2D eigenvalue weighted by Gasteiger charge is 2.29. The number of ketones is 1. The summed E-state index contributed by atoms with van der Waals surface area (Å²) in [4.78, 5) is 20.1. The first kappa shape index (κ1) is 28.9. The van der Waals surface area contributed by atoms with Crippen LogP contribution in [0, 0.1) is 5.92 Å². The van der Waals surface area contributed by atoms with Crippen molar-refractivity contribution >= 4 is 34.7 Å². The summed E-state index contributed by atoms with van der Waals surface area (Å²) < 4.78 is 41.8. The minimum absolute atomic E-state index is 0.221. The van der Waals surface area contributed by atoms with E-state index in [1.54, 1.807) is 13.2 Å². The number of hydrogen-bond donors (Lipinski definition) is 0. The highest BCUT2D eigenvalue weighted by Crippen LogP contribution is 2.34. The molecule has 2 aromatic rings. The third-order valence-electron chi connectivity index (χ3n) is 5.41. The molecule has 1 aliphatic carbocycles. The molecule has 0 bridgehead atoms. The second-order valence-corrected chi connectivity index (χ2v) is 8.98. The van der Waals surface area contributed by atoms with Crippen molar-refractivity contribution in [2.45, 2.75) is 58.5 Å². The number of carbonyl (C=O) groups excluding carboxylic acids is 1. The number of nitrogens with zero attached hydrogens (tertiary/aromatic N) is 2. The number of Topliss-reactive ketones (excluding diaryl/α,β-unsaturated/α-hetero) is 1. The Kier molecular flexibility index (Phi) is 11.3. The Labute approximate surface area is 213 Å². The molecule has 0 N–H and O–H groups in total. The van der Waals surface area contributed by atoms with Crippen LogP contribution in [0.4, 0.5) is 13.2 Å². The molecule has 0 saturated heterocycles. The van der Waals surface area contributed by atoms with E-state index in [4.69, 9.17) is 32.8 Å². The third-order valence-corrected chi connectivity index (χ3v) is 6.15. The number of hydrogen-bond acceptors (Lipinski definition) is 5. The summed E-state index contributed by atoms with van der Waals surface area (Å²) in [6.07, 6.45) is 4.32. The number of ether oxygens (including phenoxy) is 1. The van der Waals surface area contributed by atoms with Crippen LogP contribution in [0.5, 0.6) is 5.88 Å². The van der Waals surface area contributed by atoms with E-state index in [0.717, 1.165) is 12.6 Å². The molecule has 192 valence electrons. The first-order chi connectivity index (χ1) is 16.6. The Morgan fingerprint density at radius 3 is 2.54 bits per heavy atom. The van der Waals surface area contributed by atoms with Gasteiger partial charge in [-0.25, -0.2) is 4.98 Å². The number of rotatable bonds is 7. The summed E-state index contributed by atoms with van der Waals surface area (Å²) >= 11 is 11.8. The summed E-state index contributed by atoms with van der Waals surface area (Å²) in [7, 11) is 1.64. The largest absolute Gasteiger partial charge is 0.468 e. The average molecular weight is 533 g/mol. The summed E-state index contributed by atoms with van der Waals surface area (Å²) in [5.74, 6) is 0.190. The lowest BCUT2D eigenvalue weighted by molar-refractivity contribution is -0.154. The molecule has 1 atom stereocenters. The fourth-order valence-corrected chi connectivity index (χ4v) is 4.04. The summed E-state index contributed by atoms with van der Waals surface area (Å²) in [6, 6.07) is 5.91. The fourth-order valence-electron chi connectivity index (χ4n) is 3.74. The first-order valence-corrected chi connectivity index (χ1v) is 12.1. The van der Waals surface area contributed by atoms with Gasteiger partial charge in [-0.05, 0) is 56.4 Å². The van der Waals surface area contributed by atoms with Crippen molar-refractivity contribution < 1.29 is 27.5 Å². The minimum Gasteiger partial charge on any atom is -0.468 e. The predicted molar refractivity (Wildman–Crippen MR) is 133 cm³/mol. The Morgan fingerprint density at radius 1 is 1.20 bits per heavy atom. The van der Waals surface area contributed by atoms with Crippen LogP contribution in [0.25, 0.3) is 11.1 Å². The zero-order valence-electron chi connectivity index (χ0n) is 19.9. The smallest absolute Gasteiger partial charge is 0.422 e. The molecule has 0 amide bonds. The molecular formula is C25H29Cl2F3N2O3. The molecular weight excluding hydrogens is 504 g/mol. The number of oxime groups is 1. The molecule has 1 fully saturated rings. The van der Waals surface area contributed by atoms with Gasteiger partial charge in [-0.3, -0.25) is 4.79 Å². The van der Waals surface area contributed by atoms with Gasteiger partial charge < -0.3 is 9.57 Å². The maximum Gasteiger partial charge on any atom is 0.422 e. The molecule has 1 heterocycles. The van der Waals surface area contributed by atoms with Crippen LogP contribution in [0.15, 0.2) is 35.6 Å². The molecule has 1 aromatic carbocycles. The second-order valence-electron chi connectivity index (χ2n) is 8.16. The Bertz CT molecular complexity index is 1030. The van der Waals surface area contributed by atoms with Gasteiger partial charge in [0, 0.05) is 23.2 Å². The highest BCUT2D eigenvalue weighted by molar-refractivity contribution is 6.42. The van der Waals surface area contributed by atoms with E-state index in [1.807, 2.05) is 0 Å². The monoisotopic (exact) mass is 532 g/mol. The predicted octanol–water partition coefficient (Wildman–Crippen LogP) is 8.18.